The number of fused-ring (bicyclic) bond motifs is 1. The van der Waals surface area contributed by atoms with Crippen LogP contribution in [0.25, 0.3) is 22.4 Å². The van der Waals surface area contributed by atoms with Gasteiger partial charge < -0.3 is 10.1 Å². The van der Waals surface area contributed by atoms with E-state index in [1.807, 2.05) is 0 Å². The number of carbonyl (C=O) groups excluding carboxylic acids is 1. The van der Waals surface area contributed by atoms with Crippen molar-refractivity contribution in [2.75, 3.05) is 0 Å². The molecule has 0 aliphatic heterocycles. The Kier molecular flexibility index (Phi) is 5.16. The van der Waals surface area contributed by atoms with Gasteiger partial charge >= 0.3 is 6.18 Å². The number of aromatic nitrogens is 2. The molecule has 0 unspecified atom stereocenters. The molecule has 3 aromatic carbocycles. The minimum absolute atomic E-state index is 0.0726. The molecule has 31 heavy (non-hydrogen) atoms. The minimum Gasteiger partial charge on any atom is -0.507 e. The second-order valence-corrected chi connectivity index (χ2v) is 6.66. The van der Waals surface area contributed by atoms with Gasteiger partial charge in [-0.25, -0.2) is 10.4 Å². The van der Waals surface area contributed by atoms with Gasteiger partial charge in [0.1, 0.15) is 11.6 Å². The second-order valence-electron chi connectivity index (χ2n) is 6.66. The topological polar surface area (TPSA) is 90.4 Å². The van der Waals surface area contributed by atoms with Crippen LogP contribution in [0.3, 0.4) is 0 Å². The number of nitrogens with one attached hydrogen (secondary N) is 2. The van der Waals surface area contributed by atoms with E-state index in [0.29, 0.717) is 22.4 Å². The quantitative estimate of drug-likeness (QED) is 0.327. The number of hydrogen-bond acceptors (Lipinski definition) is 4. The van der Waals surface area contributed by atoms with Crippen molar-refractivity contribution in [1.82, 2.24) is 15.4 Å². The lowest BCUT2D eigenvalue weighted by molar-refractivity contribution is -0.137. The molecule has 1 heterocycles. The summed E-state index contributed by atoms with van der Waals surface area (Å²) < 4.78 is 38.3. The number of imidazole rings is 1. The number of nitrogens with zero attached hydrogens (tertiary/aromatic N) is 2. The molecule has 0 bridgehead atoms. The Bertz CT molecular complexity index is 1300. The molecule has 3 N–H and O–H groups in total. The lowest BCUT2D eigenvalue weighted by Gasteiger charge is -2.06. The van der Waals surface area contributed by atoms with Crippen molar-refractivity contribution in [3.05, 3.63) is 83.4 Å². The highest BCUT2D eigenvalue weighted by Gasteiger charge is 2.30. The molecule has 0 aliphatic rings. The Balaban J connectivity index is 1.51. The summed E-state index contributed by atoms with van der Waals surface area (Å²) in [6.07, 6.45) is -3.32. The number of benzene rings is 3. The van der Waals surface area contributed by atoms with Crippen LogP contribution in [0, 0.1) is 0 Å². The first-order valence-electron chi connectivity index (χ1n) is 9.10. The van der Waals surface area contributed by atoms with Crippen LogP contribution >= 0.6 is 0 Å². The van der Waals surface area contributed by atoms with E-state index in [0.717, 1.165) is 18.3 Å². The summed E-state index contributed by atoms with van der Waals surface area (Å²) >= 11 is 0. The number of phenolic OH excluding ortho intramolecular Hbond substituents is 1. The Morgan fingerprint density at radius 1 is 1.06 bits per heavy atom. The zero-order chi connectivity index (χ0) is 22.0. The highest BCUT2D eigenvalue weighted by molar-refractivity contribution is 5.98. The molecule has 0 radical (unpaired) electrons. The number of hydrazone groups is 1. The van der Waals surface area contributed by atoms with E-state index in [1.165, 1.54) is 12.1 Å². The van der Waals surface area contributed by atoms with Gasteiger partial charge in [0.25, 0.3) is 5.91 Å². The molecule has 0 atom stereocenters. The van der Waals surface area contributed by atoms with E-state index in [9.17, 15) is 23.1 Å². The van der Waals surface area contributed by atoms with Gasteiger partial charge in [0.15, 0.2) is 0 Å². The van der Waals surface area contributed by atoms with E-state index >= 15 is 0 Å². The Morgan fingerprint density at radius 2 is 1.87 bits per heavy atom. The molecular formula is C22H15F3N4O2. The van der Waals surface area contributed by atoms with Gasteiger partial charge in [0.2, 0.25) is 0 Å². The number of carbonyl (C=O) groups is 1. The number of phenols is 1. The number of rotatable bonds is 4. The van der Waals surface area contributed by atoms with E-state index in [4.69, 9.17) is 0 Å². The SMILES string of the molecule is O=C(N/N=C/c1cccc(C(F)(F)F)c1)c1ccc2nc(-c3ccccc3O)[nH]c2c1. The van der Waals surface area contributed by atoms with Crippen LogP contribution in [0.5, 0.6) is 5.75 Å². The van der Waals surface area contributed by atoms with Crippen LogP contribution in [0.15, 0.2) is 71.8 Å². The third kappa shape index (κ3) is 4.40. The molecular weight excluding hydrogens is 409 g/mol. The summed E-state index contributed by atoms with van der Waals surface area (Å²) in [5, 5.41) is 13.7. The van der Waals surface area contributed by atoms with Gasteiger partial charge in [-0.3, -0.25) is 4.79 Å². The van der Waals surface area contributed by atoms with Gasteiger partial charge in [0.05, 0.1) is 28.4 Å². The molecule has 0 fully saturated rings. The maximum Gasteiger partial charge on any atom is 0.416 e. The average Bonchev–Trinajstić information content (AvgIpc) is 3.16. The molecule has 9 heteroatoms. The standard InChI is InChI=1S/C22H15F3N4O2/c23-22(24,25)15-5-3-4-13(10-15)12-26-29-21(31)14-8-9-17-18(11-14)28-20(27-17)16-6-1-2-7-19(16)30/h1-12,30H,(H,27,28)(H,29,31)/b26-12+. The summed E-state index contributed by atoms with van der Waals surface area (Å²) in [6, 6.07) is 16.1. The average molecular weight is 424 g/mol. The number of aromatic hydroxyl groups is 1. The molecule has 156 valence electrons. The third-order valence-corrected chi connectivity index (χ3v) is 4.50. The Morgan fingerprint density at radius 3 is 2.65 bits per heavy atom. The number of alkyl halides is 3. The van der Waals surface area contributed by atoms with Crippen LogP contribution in [0.4, 0.5) is 13.2 Å². The van der Waals surface area contributed by atoms with Crippen LogP contribution in [-0.4, -0.2) is 27.2 Å². The summed E-state index contributed by atoms with van der Waals surface area (Å²) in [5.41, 5.74) is 3.67. The number of amides is 1. The second kappa shape index (κ2) is 7.94. The fourth-order valence-corrected chi connectivity index (χ4v) is 2.98. The van der Waals surface area contributed by atoms with Gasteiger partial charge in [-0.1, -0.05) is 24.3 Å². The maximum atomic E-state index is 12.8. The Hall–Kier alpha value is -4.14. The van der Waals surface area contributed by atoms with Gasteiger partial charge in [-0.05, 0) is 48.0 Å². The highest BCUT2D eigenvalue weighted by Crippen LogP contribution is 2.29. The largest absolute Gasteiger partial charge is 0.507 e. The molecule has 0 spiro atoms. The van der Waals surface area contributed by atoms with Gasteiger partial charge in [-0.2, -0.15) is 18.3 Å². The van der Waals surface area contributed by atoms with Crippen molar-refractivity contribution in [3.8, 4) is 17.1 Å². The maximum absolute atomic E-state index is 12.8. The molecule has 0 saturated carbocycles. The first-order valence-corrected chi connectivity index (χ1v) is 9.10. The summed E-state index contributed by atoms with van der Waals surface area (Å²) in [6.45, 7) is 0. The van der Waals surface area contributed by atoms with E-state index < -0.39 is 17.6 Å². The van der Waals surface area contributed by atoms with Crippen molar-refractivity contribution >= 4 is 23.2 Å². The molecule has 6 nitrogen and oxygen atoms in total. The van der Waals surface area contributed by atoms with Gasteiger partial charge in [-0.15, -0.1) is 0 Å². The van der Waals surface area contributed by atoms with Crippen LogP contribution in [0.1, 0.15) is 21.5 Å². The highest BCUT2D eigenvalue weighted by atomic mass is 19.4. The van der Waals surface area contributed by atoms with E-state index in [-0.39, 0.29) is 16.9 Å². The molecule has 1 amide bonds. The van der Waals surface area contributed by atoms with Crippen LogP contribution in [0.2, 0.25) is 0 Å². The number of para-hydroxylation sites is 1. The molecule has 4 aromatic rings. The summed E-state index contributed by atoms with van der Waals surface area (Å²) in [4.78, 5) is 19.8. The van der Waals surface area contributed by atoms with Crippen LogP contribution < -0.4 is 5.43 Å². The third-order valence-electron chi connectivity index (χ3n) is 4.50. The zero-order valence-corrected chi connectivity index (χ0v) is 15.8. The smallest absolute Gasteiger partial charge is 0.416 e. The number of H-pyrrole nitrogens is 1. The lowest BCUT2D eigenvalue weighted by atomic mass is 10.1. The first-order chi connectivity index (χ1) is 14.8. The van der Waals surface area contributed by atoms with E-state index in [2.05, 4.69) is 20.5 Å². The molecule has 0 saturated heterocycles. The van der Waals surface area contributed by atoms with Crippen molar-refractivity contribution in [3.63, 3.8) is 0 Å². The number of aromatic amines is 1. The van der Waals surface area contributed by atoms with Crippen molar-refractivity contribution in [2.24, 2.45) is 5.10 Å². The minimum atomic E-state index is -4.46. The Labute approximate surface area is 174 Å². The normalized spacial score (nSPS) is 11.8. The summed E-state index contributed by atoms with van der Waals surface area (Å²) in [5.74, 6) is -0.0134. The molecule has 4 rings (SSSR count). The molecule has 0 aliphatic carbocycles. The number of halogens is 3. The lowest BCUT2D eigenvalue weighted by Crippen LogP contribution is -2.17. The fraction of sp³-hybridized carbons (Fsp3) is 0.0455. The first kappa shape index (κ1) is 20.1. The molecule has 1 aromatic heterocycles. The zero-order valence-electron chi connectivity index (χ0n) is 15.8. The number of hydrogen-bond donors (Lipinski definition) is 3. The van der Waals surface area contributed by atoms with Crippen molar-refractivity contribution in [1.29, 1.82) is 0 Å². The monoisotopic (exact) mass is 424 g/mol. The predicted octanol–water partition coefficient (Wildman–Crippen LogP) is 4.72. The van der Waals surface area contributed by atoms with Gasteiger partial charge in [0, 0.05) is 5.56 Å². The van der Waals surface area contributed by atoms with Crippen LogP contribution in [-0.2, 0) is 6.18 Å². The fourth-order valence-electron chi connectivity index (χ4n) is 2.98. The predicted molar refractivity (Wildman–Crippen MR) is 110 cm³/mol. The van der Waals surface area contributed by atoms with Crippen molar-refractivity contribution < 1.29 is 23.1 Å². The van der Waals surface area contributed by atoms with E-state index in [1.54, 1.807) is 42.5 Å². The summed E-state index contributed by atoms with van der Waals surface area (Å²) in [7, 11) is 0. The van der Waals surface area contributed by atoms with Crippen molar-refractivity contribution in [2.45, 2.75) is 6.18 Å².